The summed E-state index contributed by atoms with van der Waals surface area (Å²) in [5.74, 6) is -2.32. The summed E-state index contributed by atoms with van der Waals surface area (Å²) in [6, 6.07) is -2.63. The number of rotatable bonds is 37. The zero-order chi connectivity index (χ0) is 42.8. The van der Waals surface area contributed by atoms with Gasteiger partial charge in [-0.15, -0.1) is 0 Å². The van der Waals surface area contributed by atoms with Crippen LogP contribution in [-0.2, 0) is 28.8 Å². The molecule has 0 bridgehead atoms. The molecule has 6 atom stereocenters. The fourth-order valence-corrected chi connectivity index (χ4v) is 7.29. The number of aliphatic hydroxyl groups is 2. The number of nitrogens with two attached hydrogens (primary N) is 2. The minimum Gasteiger partial charge on any atom is -0.394 e. The number of hydroxylamine groups is 1. The van der Waals surface area contributed by atoms with Crippen molar-refractivity contribution in [3.8, 4) is 0 Å². The molecule has 13 nitrogen and oxygen atoms in total. The molecule has 1 aliphatic rings. The Morgan fingerprint density at radius 3 is 1.74 bits per heavy atom. The summed E-state index contributed by atoms with van der Waals surface area (Å²) in [5, 5.41) is 23.4. The van der Waals surface area contributed by atoms with Gasteiger partial charge in [0.15, 0.2) is 5.78 Å². The largest absolute Gasteiger partial charge is 0.394 e. The summed E-state index contributed by atoms with van der Waals surface area (Å²) >= 11 is 0. The maximum absolute atomic E-state index is 13.8. The van der Waals surface area contributed by atoms with E-state index in [0.717, 1.165) is 57.8 Å². The standard InChI is InChI=1S/C45H85N5O8/c1-4-6-8-10-12-14-16-18-19-20-21-23-25-27-29-31-40(53)50(32-30-28-26-24-22-17-15-13-11-9-7-5-2)41-33-38(43(54)39(35-51)57-41)58-49-44(55)36(3)48-45(56)42(47)37(52)34-46/h18-19,36,38-39,41-43,51,54H,4-17,20-35,46-47H2,1-3H3,(H,48,56)(H,49,55)/b19-18-/t36-,38-,39+,41+,42?,43+/m0/s1. The quantitative estimate of drug-likeness (QED) is 0.0167. The Kier molecular flexibility index (Phi) is 32.7. The van der Waals surface area contributed by atoms with Gasteiger partial charge in [0.1, 0.15) is 36.6 Å². The van der Waals surface area contributed by atoms with Crippen LogP contribution < -0.4 is 22.3 Å². The smallest absolute Gasteiger partial charge is 0.265 e. The van der Waals surface area contributed by atoms with Crippen molar-refractivity contribution in [2.45, 2.75) is 231 Å². The van der Waals surface area contributed by atoms with Gasteiger partial charge in [-0.05, 0) is 45.4 Å². The first kappa shape index (κ1) is 53.6. The van der Waals surface area contributed by atoms with Gasteiger partial charge in [-0.25, -0.2) is 5.48 Å². The third-order valence-electron chi connectivity index (χ3n) is 11.2. The van der Waals surface area contributed by atoms with Gasteiger partial charge in [-0.1, -0.05) is 148 Å². The number of ketones is 1. The summed E-state index contributed by atoms with van der Waals surface area (Å²) < 4.78 is 6.11. The van der Waals surface area contributed by atoms with Gasteiger partial charge in [-0.2, -0.15) is 0 Å². The number of nitrogens with one attached hydrogen (secondary N) is 2. The first-order valence-electron chi connectivity index (χ1n) is 23.2. The highest BCUT2D eigenvalue weighted by molar-refractivity contribution is 6.06. The Morgan fingerprint density at radius 2 is 1.24 bits per heavy atom. The Labute approximate surface area is 351 Å². The zero-order valence-electron chi connectivity index (χ0n) is 36.8. The van der Waals surface area contributed by atoms with Gasteiger partial charge in [-0.3, -0.25) is 24.0 Å². The van der Waals surface area contributed by atoms with E-state index < -0.39 is 67.4 Å². The number of carbonyl (C=O) groups is 4. The molecule has 0 saturated carbocycles. The molecule has 0 radical (unpaired) electrons. The average molecular weight is 824 g/mol. The van der Waals surface area contributed by atoms with Crippen LogP contribution in [0.1, 0.15) is 194 Å². The molecule has 1 heterocycles. The third-order valence-corrected chi connectivity index (χ3v) is 11.2. The molecular weight excluding hydrogens is 739 g/mol. The summed E-state index contributed by atoms with van der Waals surface area (Å²) in [4.78, 5) is 57.9. The Morgan fingerprint density at radius 1 is 0.759 bits per heavy atom. The van der Waals surface area contributed by atoms with Crippen molar-refractivity contribution in [1.29, 1.82) is 0 Å². The number of amides is 3. The molecule has 58 heavy (non-hydrogen) atoms. The first-order chi connectivity index (χ1) is 28.1. The number of ether oxygens (including phenoxy) is 1. The van der Waals surface area contributed by atoms with E-state index in [1.807, 2.05) is 0 Å². The molecule has 0 aliphatic carbocycles. The molecular formula is C45H85N5O8. The van der Waals surface area contributed by atoms with E-state index in [4.69, 9.17) is 21.0 Å². The fraction of sp³-hybridized carbons (Fsp3) is 0.867. The summed E-state index contributed by atoms with van der Waals surface area (Å²) in [6.07, 6.45) is 30.6. The van der Waals surface area contributed by atoms with Crippen LogP contribution in [0.5, 0.6) is 0 Å². The lowest BCUT2D eigenvalue weighted by Crippen LogP contribution is -2.59. The summed E-state index contributed by atoms with van der Waals surface area (Å²) in [5.41, 5.74) is 13.2. The van der Waals surface area contributed by atoms with Crippen molar-refractivity contribution < 1.29 is 39.0 Å². The lowest BCUT2D eigenvalue weighted by atomic mass is 9.99. The Bertz CT molecular complexity index is 1110. The number of carbonyl (C=O) groups excluding carboxylic acids is 4. The third kappa shape index (κ3) is 24.6. The van der Waals surface area contributed by atoms with Crippen molar-refractivity contribution >= 4 is 23.5 Å². The predicted octanol–water partition coefficient (Wildman–Crippen LogP) is 6.80. The predicted molar refractivity (Wildman–Crippen MR) is 231 cm³/mol. The molecule has 0 aromatic heterocycles. The van der Waals surface area contributed by atoms with Gasteiger partial charge in [0, 0.05) is 19.4 Å². The minimum absolute atomic E-state index is 0.0405. The van der Waals surface area contributed by atoms with Crippen LogP contribution in [0.3, 0.4) is 0 Å². The topological polar surface area (TPSA) is 207 Å². The van der Waals surface area contributed by atoms with Crippen LogP contribution in [0.25, 0.3) is 0 Å². The van der Waals surface area contributed by atoms with Crippen LogP contribution in [0.2, 0.25) is 0 Å². The second-order valence-corrected chi connectivity index (χ2v) is 16.3. The second kappa shape index (κ2) is 35.3. The number of hydrogen-bond donors (Lipinski definition) is 6. The SMILES string of the molecule is CCCCCCCC/C=C\CCCCCCCC(=O)N(CCCCCCCCCCCCCC)[C@H]1C[C@H](ONC(=O)[C@H](C)NC(=O)C(N)C(=O)CN)[C@@H](O)[C@@H](CO)O1. The van der Waals surface area contributed by atoms with Crippen LogP contribution in [0.15, 0.2) is 12.2 Å². The van der Waals surface area contributed by atoms with E-state index in [2.05, 4.69) is 36.8 Å². The van der Waals surface area contributed by atoms with Crippen molar-refractivity contribution in [1.82, 2.24) is 15.7 Å². The molecule has 338 valence electrons. The molecule has 8 N–H and O–H groups in total. The number of allylic oxidation sites excluding steroid dienone is 2. The number of unbranched alkanes of at least 4 members (excludes halogenated alkanes) is 22. The van der Waals surface area contributed by atoms with E-state index in [0.29, 0.717) is 13.0 Å². The number of Topliss-reactive ketones (excluding diaryl/α,β-unsaturated/α-hetero) is 1. The van der Waals surface area contributed by atoms with Crippen molar-refractivity contribution in [2.24, 2.45) is 11.5 Å². The molecule has 0 aromatic carbocycles. The zero-order valence-corrected chi connectivity index (χ0v) is 36.8. The van der Waals surface area contributed by atoms with E-state index in [1.165, 1.54) is 110 Å². The molecule has 1 saturated heterocycles. The molecule has 0 aromatic rings. The molecule has 3 amide bonds. The monoisotopic (exact) mass is 824 g/mol. The minimum atomic E-state index is -1.51. The Hall–Kier alpha value is -2.42. The maximum Gasteiger partial charge on any atom is 0.265 e. The van der Waals surface area contributed by atoms with Crippen molar-refractivity contribution in [2.75, 3.05) is 19.7 Å². The van der Waals surface area contributed by atoms with Gasteiger partial charge < -0.3 is 36.6 Å². The highest BCUT2D eigenvalue weighted by Gasteiger charge is 2.42. The lowest BCUT2D eigenvalue weighted by Gasteiger charge is -2.42. The molecule has 1 rings (SSSR count). The van der Waals surface area contributed by atoms with Crippen molar-refractivity contribution in [3.05, 3.63) is 12.2 Å². The highest BCUT2D eigenvalue weighted by atomic mass is 16.7. The number of nitrogens with zero attached hydrogens (tertiary/aromatic N) is 1. The van der Waals surface area contributed by atoms with Gasteiger partial charge in [0.25, 0.3) is 5.91 Å². The van der Waals surface area contributed by atoms with Gasteiger partial charge in [0.05, 0.1) is 13.2 Å². The van der Waals surface area contributed by atoms with E-state index >= 15 is 0 Å². The van der Waals surface area contributed by atoms with Crippen LogP contribution in [0.4, 0.5) is 0 Å². The maximum atomic E-state index is 13.8. The Balaban J connectivity index is 2.71. The van der Waals surface area contributed by atoms with Crippen LogP contribution >= 0.6 is 0 Å². The molecule has 0 spiro atoms. The van der Waals surface area contributed by atoms with Gasteiger partial charge in [0.2, 0.25) is 11.8 Å². The normalized spacial score (nSPS) is 19.2. The van der Waals surface area contributed by atoms with Gasteiger partial charge >= 0.3 is 0 Å². The van der Waals surface area contributed by atoms with Crippen molar-refractivity contribution in [3.63, 3.8) is 0 Å². The average Bonchev–Trinajstić information content (AvgIpc) is 3.22. The first-order valence-corrected chi connectivity index (χ1v) is 23.2. The summed E-state index contributed by atoms with van der Waals surface area (Å²) in [7, 11) is 0. The number of hydrogen-bond acceptors (Lipinski definition) is 10. The molecule has 13 heteroatoms. The van der Waals surface area contributed by atoms with E-state index in [-0.39, 0.29) is 12.3 Å². The summed E-state index contributed by atoms with van der Waals surface area (Å²) in [6.45, 7) is 5.42. The second-order valence-electron chi connectivity index (χ2n) is 16.3. The van der Waals surface area contributed by atoms with Crippen LogP contribution in [0, 0.1) is 0 Å². The highest BCUT2D eigenvalue weighted by Crippen LogP contribution is 2.26. The van der Waals surface area contributed by atoms with Crippen LogP contribution in [-0.4, -0.2) is 94.9 Å². The lowest BCUT2D eigenvalue weighted by molar-refractivity contribution is -0.237. The number of aliphatic hydroxyl groups excluding tert-OH is 2. The van der Waals surface area contributed by atoms with E-state index in [1.54, 1.807) is 4.90 Å². The molecule has 1 aliphatic heterocycles. The fourth-order valence-electron chi connectivity index (χ4n) is 7.29. The van der Waals surface area contributed by atoms with E-state index in [9.17, 15) is 29.4 Å². The molecule has 1 fully saturated rings. The molecule has 1 unspecified atom stereocenters.